The molecular formula is C37H46N2O6. The van der Waals surface area contributed by atoms with Crippen molar-refractivity contribution in [1.29, 1.82) is 0 Å². The molecule has 0 spiro atoms. The fourth-order valence-corrected chi connectivity index (χ4v) is 7.43. The molecule has 2 aromatic carbocycles. The van der Waals surface area contributed by atoms with Gasteiger partial charge in [-0.25, -0.2) is 9.59 Å². The van der Waals surface area contributed by atoms with Crippen LogP contribution < -0.4 is 5.32 Å². The summed E-state index contributed by atoms with van der Waals surface area (Å²) < 4.78 is 11.2. The minimum Gasteiger partial charge on any atom is -0.508 e. The molecule has 0 saturated carbocycles. The molecule has 0 radical (unpaired) electrons. The maximum Gasteiger partial charge on any atom is 0.410 e. The first-order valence-electron chi connectivity index (χ1n) is 16.1. The summed E-state index contributed by atoms with van der Waals surface area (Å²) in [6.45, 7) is 14.8. The zero-order valence-electron chi connectivity index (χ0n) is 27.6. The van der Waals surface area contributed by atoms with Gasteiger partial charge in [0.05, 0.1) is 12.2 Å². The summed E-state index contributed by atoms with van der Waals surface area (Å²) in [5.74, 6) is -1.18. The standard InChI is InChI=1S/C37H46N2O6/c1-8-44-35(42)33-31(25-10-9-11-27(40)18-25)32-28(19-26(20-29(32)41)30-22(3)16-21(2)17-23(30)4)38-34(33)24-12-14-39(15-13-24)36(43)45-37(5,6)7/h9-11,16-18,24,26,31,38,40H,8,12-15,19-20H2,1-7H3. The molecule has 2 aliphatic heterocycles. The summed E-state index contributed by atoms with van der Waals surface area (Å²) in [5.41, 5.74) is 7.36. The number of phenolic OH excluding ortho intramolecular Hbond substituents is 1. The van der Waals surface area contributed by atoms with Gasteiger partial charge in [-0.05, 0) is 108 Å². The van der Waals surface area contributed by atoms with Gasteiger partial charge in [0.2, 0.25) is 0 Å². The Labute approximate surface area is 266 Å². The summed E-state index contributed by atoms with van der Waals surface area (Å²) in [4.78, 5) is 42.6. The number of carbonyl (C=O) groups excluding carboxylic acids is 3. The number of amides is 1. The van der Waals surface area contributed by atoms with E-state index in [1.165, 1.54) is 22.3 Å². The van der Waals surface area contributed by atoms with Crippen molar-refractivity contribution in [3.05, 3.63) is 86.8 Å². The lowest BCUT2D eigenvalue weighted by molar-refractivity contribution is -0.139. The van der Waals surface area contributed by atoms with E-state index in [0.717, 1.165) is 11.4 Å². The van der Waals surface area contributed by atoms with Crippen LogP contribution in [0.25, 0.3) is 0 Å². The minimum atomic E-state index is -0.681. The number of allylic oxidation sites excluding steroid dienone is 3. The number of ketones is 1. The summed E-state index contributed by atoms with van der Waals surface area (Å²) in [6.07, 6.45) is 1.85. The molecule has 1 aliphatic carbocycles. The molecule has 240 valence electrons. The van der Waals surface area contributed by atoms with Crippen LogP contribution in [0.2, 0.25) is 0 Å². The number of likely N-dealkylation sites (tertiary alicyclic amines) is 1. The molecule has 1 amide bonds. The van der Waals surface area contributed by atoms with Crippen LogP contribution in [0.5, 0.6) is 5.75 Å². The molecule has 1 fully saturated rings. The number of aromatic hydroxyl groups is 1. The van der Waals surface area contributed by atoms with E-state index in [0.29, 0.717) is 55.5 Å². The topological polar surface area (TPSA) is 105 Å². The Bertz CT molecular complexity index is 1550. The van der Waals surface area contributed by atoms with Crippen LogP contribution >= 0.6 is 0 Å². The van der Waals surface area contributed by atoms with Crippen molar-refractivity contribution >= 4 is 17.8 Å². The molecule has 3 aliphatic rings. The summed E-state index contributed by atoms with van der Waals surface area (Å²) >= 11 is 0. The van der Waals surface area contributed by atoms with Crippen molar-refractivity contribution in [2.45, 2.75) is 91.6 Å². The number of hydrogen-bond acceptors (Lipinski definition) is 7. The first kappa shape index (κ1) is 32.3. The van der Waals surface area contributed by atoms with Crippen LogP contribution in [-0.2, 0) is 19.1 Å². The smallest absolute Gasteiger partial charge is 0.410 e. The number of nitrogens with one attached hydrogen (secondary N) is 1. The second-order valence-electron chi connectivity index (χ2n) is 13.7. The van der Waals surface area contributed by atoms with E-state index in [1.807, 2.05) is 26.8 Å². The molecule has 2 aromatic rings. The predicted octanol–water partition coefficient (Wildman–Crippen LogP) is 6.87. The average molecular weight is 615 g/mol. The number of esters is 1. The summed E-state index contributed by atoms with van der Waals surface area (Å²) in [5, 5.41) is 14.1. The molecule has 5 rings (SSSR count). The minimum absolute atomic E-state index is 0.00594. The van der Waals surface area contributed by atoms with Crippen molar-refractivity contribution in [1.82, 2.24) is 10.2 Å². The molecule has 0 aromatic heterocycles. The van der Waals surface area contributed by atoms with Crippen LogP contribution in [0.1, 0.15) is 93.0 Å². The van der Waals surface area contributed by atoms with E-state index >= 15 is 0 Å². The quantitative estimate of drug-likeness (QED) is 0.354. The fourth-order valence-electron chi connectivity index (χ4n) is 7.43. The number of dihydropyridines is 1. The number of nitrogens with zero attached hydrogens (tertiary/aromatic N) is 1. The SMILES string of the molecule is CCOC(=O)C1=C(C2CCN(C(=O)OC(C)(C)C)CC2)NC2=C(C(=O)CC(c3c(C)cc(C)cc3C)C2)C1c1cccc(O)c1. The number of Topliss-reactive ketones (excluding diaryl/α,β-unsaturated/α-hetero) is 1. The van der Waals surface area contributed by atoms with E-state index in [9.17, 15) is 19.5 Å². The van der Waals surface area contributed by atoms with E-state index in [4.69, 9.17) is 9.47 Å². The lowest BCUT2D eigenvalue weighted by atomic mass is 9.69. The zero-order chi connectivity index (χ0) is 32.6. The Morgan fingerprint density at radius 3 is 2.27 bits per heavy atom. The number of ether oxygens (including phenoxy) is 2. The fraction of sp³-hybridized carbons (Fsp3) is 0.486. The highest BCUT2D eigenvalue weighted by atomic mass is 16.6. The third kappa shape index (κ3) is 6.80. The van der Waals surface area contributed by atoms with Gasteiger partial charge in [0.1, 0.15) is 11.4 Å². The van der Waals surface area contributed by atoms with Gasteiger partial charge in [0.15, 0.2) is 5.78 Å². The van der Waals surface area contributed by atoms with E-state index in [1.54, 1.807) is 30.0 Å². The Balaban J connectivity index is 1.58. The predicted molar refractivity (Wildman–Crippen MR) is 173 cm³/mol. The molecular weight excluding hydrogens is 568 g/mol. The van der Waals surface area contributed by atoms with Crippen LogP contribution in [0.15, 0.2) is 58.9 Å². The number of carbonyl (C=O) groups is 3. The monoisotopic (exact) mass is 614 g/mol. The maximum absolute atomic E-state index is 14.2. The normalized spacial score (nSPS) is 21.0. The van der Waals surface area contributed by atoms with Gasteiger partial charge in [-0.3, -0.25) is 4.79 Å². The highest BCUT2D eigenvalue weighted by Gasteiger charge is 2.44. The summed E-state index contributed by atoms with van der Waals surface area (Å²) in [7, 11) is 0. The molecule has 2 unspecified atom stereocenters. The van der Waals surface area contributed by atoms with Gasteiger partial charge in [0.25, 0.3) is 0 Å². The summed E-state index contributed by atoms with van der Waals surface area (Å²) in [6, 6.07) is 11.2. The van der Waals surface area contributed by atoms with Gasteiger partial charge in [-0.1, -0.05) is 29.8 Å². The molecule has 2 N–H and O–H groups in total. The maximum atomic E-state index is 14.2. The van der Waals surface area contributed by atoms with Crippen molar-refractivity contribution in [3.63, 3.8) is 0 Å². The lowest BCUT2D eigenvalue weighted by Crippen LogP contribution is -2.44. The largest absolute Gasteiger partial charge is 0.508 e. The molecule has 8 heteroatoms. The second-order valence-corrected chi connectivity index (χ2v) is 13.7. The number of piperidine rings is 1. The van der Waals surface area contributed by atoms with Gasteiger partial charge < -0.3 is 24.8 Å². The number of phenols is 1. The molecule has 2 atom stereocenters. The lowest BCUT2D eigenvalue weighted by Gasteiger charge is -2.41. The number of rotatable bonds is 5. The molecule has 2 heterocycles. The van der Waals surface area contributed by atoms with Crippen molar-refractivity contribution in [2.24, 2.45) is 5.92 Å². The van der Waals surface area contributed by atoms with Crippen LogP contribution in [0.4, 0.5) is 4.79 Å². The molecule has 0 bridgehead atoms. The molecule has 45 heavy (non-hydrogen) atoms. The van der Waals surface area contributed by atoms with Crippen molar-refractivity contribution in [2.75, 3.05) is 19.7 Å². The molecule has 1 saturated heterocycles. The number of aryl methyl sites for hydroxylation is 3. The highest BCUT2D eigenvalue weighted by molar-refractivity contribution is 6.04. The Hall–Kier alpha value is -4.07. The second kappa shape index (κ2) is 12.7. The van der Waals surface area contributed by atoms with Gasteiger partial charge in [-0.15, -0.1) is 0 Å². The van der Waals surface area contributed by atoms with Gasteiger partial charge in [0, 0.05) is 48.3 Å². The van der Waals surface area contributed by atoms with Crippen LogP contribution in [-0.4, -0.2) is 53.1 Å². The molecule has 8 nitrogen and oxygen atoms in total. The zero-order valence-corrected chi connectivity index (χ0v) is 27.6. The van der Waals surface area contributed by atoms with Crippen LogP contribution in [0, 0.1) is 26.7 Å². The Kier molecular flexibility index (Phi) is 9.15. The number of benzene rings is 2. The van der Waals surface area contributed by atoms with Gasteiger partial charge >= 0.3 is 12.1 Å². The highest BCUT2D eigenvalue weighted by Crippen LogP contribution is 2.49. The van der Waals surface area contributed by atoms with E-state index in [2.05, 4.69) is 38.2 Å². The first-order valence-corrected chi connectivity index (χ1v) is 16.1. The van der Waals surface area contributed by atoms with Gasteiger partial charge in [-0.2, -0.15) is 0 Å². The Morgan fingerprint density at radius 2 is 1.67 bits per heavy atom. The van der Waals surface area contributed by atoms with E-state index in [-0.39, 0.29) is 36.1 Å². The van der Waals surface area contributed by atoms with E-state index < -0.39 is 17.5 Å². The average Bonchev–Trinajstić information content (AvgIpc) is 2.95. The van der Waals surface area contributed by atoms with Crippen molar-refractivity contribution in [3.8, 4) is 5.75 Å². The number of hydrogen-bond donors (Lipinski definition) is 2. The Morgan fingerprint density at radius 1 is 1.00 bits per heavy atom. The van der Waals surface area contributed by atoms with Crippen LogP contribution in [0.3, 0.4) is 0 Å². The first-order chi connectivity index (χ1) is 21.3. The third-order valence-corrected chi connectivity index (χ3v) is 9.06. The van der Waals surface area contributed by atoms with Crippen molar-refractivity contribution < 1.29 is 29.0 Å². The third-order valence-electron chi connectivity index (χ3n) is 9.06.